The summed E-state index contributed by atoms with van der Waals surface area (Å²) in [4.78, 5) is 12.5. The first kappa shape index (κ1) is 23.4. The molecule has 0 unspecified atom stereocenters. The standard InChI is InChI=1S/C28H25ClF2N2O3/c29-25-20(30)12-21-19(13-28(36-21,22-7-4-8-33-22)15-5-2-1-3-6-15)23(25)24-18(27(32)35)10-14-9-16(34)11-17(14)26(24)31/h1-3,5-6,10,12,16,22,33-34H,4,7-9,11,13H2,(H2,32,35)/t16-,22-,28-/m0/s1. The summed E-state index contributed by atoms with van der Waals surface area (Å²) < 4.78 is 37.9. The van der Waals surface area contributed by atoms with E-state index in [0.29, 0.717) is 23.1 Å². The van der Waals surface area contributed by atoms with Crippen molar-refractivity contribution in [3.63, 3.8) is 0 Å². The van der Waals surface area contributed by atoms with Crippen LogP contribution in [0.25, 0.3) is 11.1 Å². The molecule has 3 aliphatic rings. The van der Waals surface area contributed by atoms with E-state index in [1.54, 1.807) is 0 Å². The van der Waals surface area contributed by atoms with Gasteiger partial charge in [-0.25, -0.2) is 8.78 Å². The van der Waals surface area contributed by atoms with Crippen molar-refractivity contribution in [1.29, 1.82) is 0 Å². The molecule has 0 aromatic heterocycles. The van der Waals surface area contributed by atoms with Gasteiger partial charge in [0.05, 0.1) is 22.7 Å². The number of nitrogens with two attached hydrogens (primary N) is 1. The second kappa shape index (κ2) is 8.54. The quantitative estimate of drug-likeness (QED) is 0.485. The summed E-state index contributed by atoms with van der Waals surface area (Å²) in [6.07, 6.45) is 1.67. The molecular formula is C28H25ClF2N2O3. The number of rotatable bonds is 4. The fraction of sp³-hybridized carbons (Fsp3) is 0.321. The Labute approximate surface area is 212 Å². The van der Waals surface area contributed by atoms with Crippen molar-refractivity contribution in [2.45, 2.75) is 49.9 Å². The van der Waals surface area contributed by atoms with Gasteiger partial charge >= 0.3 is 0 Å². The first-order chi connectivity index (χ1) is 17.3. The molecule has 0 saturated carbocycles. The summed E-state index contributed by atoms with van der Waals surface area (Å²) in [6, 6.07) is 12.4. The third-order valence-corrected chi connectivity index (χ3v) is 8.14. The summed E-state index contributed by atoms with van der Waals surface area (Å²) in [7, 11) is 0. The Hall–Kier alpha value is -3.00. The highest BCUT2D eigenvalue weighted by Crippen LogP contribution is 2.52. The smallest absolute Gasteiger partial charge is 0.249 e. The maximum Gasteiger partial charge on any atom is 0.249 e. The number of carbonyl (C=O) groups excluding carboxylic acids is 1. The lowest BCUT2D eigenvalue weighted by Gasteiger charge is -2.35. The van der Waals surface area contributed by atoms with E-state index >= 15 is 8.78 Å². The molecule has 0 radical (unpaired) electrons. The molecule has 3 atom stereocenters. The number of ether oxygens (including phenoxy) is 1. The lowest BCUT2D eigenvalue weighted by atomic mass is 9.80. The zero-order valence-electron chi connectivity index (χ0n) is 19.4. The number of nitrogens with one attached hydrogen (secondary N) is 1. The Morgan fingerprint density at radius 1 is 1.14 bits per heavy atom. The highest BCUT2D eigenvalue weighted by molar-refractivity contribution is 6.34. The Kier molecular flexibility index (Phi) is 5.55. The van der Waals surface area contributed by atoms with Crippen molar-refractivity contribution in [2.24, 2.45) is 5.73 Å². The van der Waals surface area contributed by atoms with E-state index < -0.39 is 29.2 Å². The zero-order chi connectivity index (χ0) is 25.2. The number of aliphatic hydroxyl groups excluding tert-OH is 1. The zero-order valence-corrected chi connectivity index (χ0v) is 20.2. The Morgan fingerprint density at radius 2 is 1.92 bits per heavy atom. The molecule has 8 heteroatoms. The molecule has 1 amide bonds. The van der Waals surface area contributed by atoms with Crippen LogP contribution in [0.2, 0.25) is 5.02 Å². The van der Waals surface area contributed by atoms with E-state index in [-0.39, 0.29) is 46.3 Å². The molecule has 5 nitrogen and oxygen atoms in total. The average Bonchev–Trinajstić information content (AvgIpc) is 3.60. The predicted molar refractivity (Wildman–Crippen MR) is 132 cm³/mol. The van der Waals surface area contributed by atoms with Gasteiger partial charge in [-0.3, -0.25) is 4.79 Å². The molecule has 0 bridgehead atoms. The number of hydrogen-bond acceptors (Lipinski definition) is 4. The molecule has 1 saturated heterocycles. The normalized spacial score (nSPS) is 24.4. The van der Waals surface area contributed by atoms with Gasteiger partial charge in [-0.05, 0) is 48.6 Å². The molecule has 1 fully saturated rings. The Morgan fingerprint density at radius 3 is 2.61 bits per heavy atom. The van der Waals surface area contributed by atoms with Gasteiger partial charge < -0.3 is 20.9 Å². The van der Waals surface area contributed by atoms with Gasteiger partial charge in [0, 0.05) is 35.6 Å². The third kappa shape index (κ3) is 3.44. The van der Waals surface area contributed by atoms with Gasteiger partial charge in [0.15, 0.2) is 5.60 Å². The van der Waals surface area contributed by atoms with Crippen LogP contribution < -0.4 is 15.8 Å². The number of benzene rings is 3. The molecule has 3 aromatic carbocycles. The van der Waals surface area contributed by atoms with Crippen LogP contribution >= 0.6 is 11.6 Å². The van der Waals surface area contributed by atoms with E-state index in [0.717, 1.165) is 24.9 Å². The summed E-state index contributed by atoms with van der Waals surface area (Å²) >= 11 is 6.52. The number of hydrogen-bond donors (Lipinski definition) is 3. The third-order valence-electron chi connectivity index (χ3n) is 7.77. The summed E-state index contributed by atoms with van der Waals surface area (Å²) in [5, 5.41) is 13.4. The first-order valence-corrected chi connectivity index (χ1v) is 12.5. The van der Waals surface area contributed by atoms with Crippen LogP contribution in [0.4, 0.5) is 8.78 Å². The highest BCUT2D eigenvalue weighted by Gasteiger charge is 2.50. The van der Waals surface area contributed by atoms with Crippen molar-refractivity contribution < 1.29 is 23.4 Å². The van der Waals surface area contributed by atoms with Gasteiger partial charge in [0.1, 0.15) is 17.4 Å². The SMILES string of the molecule is NC(=O)c1cc2c(c(F)c1-c1c(Cl)c(F)cc3c1C[C@](c1ccccc1)([C@@H]1CCCN1)O3)C[C@@H](O)C2. The second-order valence-electron chi connectivity index (χ2n) is 9.88. The monoisotopic (exact) mass is 510 g/mol. The van der Waals surface area contributed by atoms with Crippen molar-refractivity contribution in [3.05, 3.63) is 86.9 Å². The van der Waals surface area contributed by atoms with Crippen molar-refractivity contribution in [3.8, 4) is 16.9 Å². The summed E-state index contributed by atoms with van der Waals surface area (Å²) in [6.45, 7) is 0.828. The molecule has 36 heavy (non-hydrogen) atoms. The number of amides is 1. The van der Waals surface area contributed by atoms with Crippen LogP contribution in [0.15, 0.2) is 42.5 Å². The highest BCUT2D eigenvalue weighted by atomic mass is 35.5. The fourth-order valence-electron chi connectivity index (χ4n) is 6.17. The minimum Gasteiger partial charge on any atom is -0.480 e. The Bertz CT molecular complexity index is 1390. The maximum atomic E-state index is 16.1. The molecule has 0 spiro atoms. The minimum absolute atomic E-state index is 0.0578. The van der Waals surface area contributed by atoms with E-state index in [4.69, 9.17) is 22.1 Å². The lowest BCUT2D eigenvalue weighted by molar-refractivity contribution is 0.0539. The molecule has 6 rings (SSSR count). The van der Waals surface area contributed by atoms with Crippen LogP contribution in [0.5, 0.6) is 5.75 Å². The van der Waals surface area contributed by atoms with Crippen molar-refractivity contribution in [1.82, 2.24) is 5.32 Å². The average molecular weight is 511 g/mol. The molecule has 1 aliphatic carbocycles. The number of halogens is 3. The van der Waals surface area contributed by atoms with Gasteiger partial charge in [-0.15, -0.1) is 0 Å². The Balaban J connectivity index is 1.60. The van der Waals surface area contributed by atoms with Crippen molar-refractivity contribution in [2.75, 3.05) is 6.54 Å². The molecule has 186 valence electrons. The maximum absolute atomic E-state index is 16.1. The van der Waals surface area contributed by atoms with Crippen molar-refractivity contribution >= 4 is 17.5 Å². The van der Waals surface area contributed by atoms with Crippen LogP contribution in [-0.4, -0.2) is 29.7 Å². The molecule has 3 aromatic rings. The van der Waals surface area contributed by atoms with E-state index in [1.165, 1.54) is 12.1 Å². The van der Waals surface area contributed by atoms with Crippen LogP contribution in [0, 0.1) is 11.6 Å². The summed E-state index contributed by atoms with van der Waals surface area (Å²) in [5.41, 5.74) is 6.93. The van der Waals surface area contributed by atoms with Crippen LogP contribution in [0.3, 0.4) is 0 Å². The van der Waals surface area contributed by atoms with E-state index in [9.17, 15) is 9.90 Å². The number of aliphatic hydroxyl groups is 1. The largest absolute Gasteiger partial charge is 0.480 e. The predicted octanol–water partition coefficient (Wildman–Crippen LogP) is 4.43. The van der Waals surface area contributed by atoms with E-state index in [1.807, 2.05) is 30.3 Å². The number of primary amides is 1. The van der Waals surface area contributed by atoms with E-state index in [2.05, 4.69) is 5.32 Å². The molecular weight excluding hydrogens is 486 g/mol. The molecule has 2 aliphatic heterocycles. The van der Waals surface area contributed by atoms with Gasteiger partial charge in [0.25, 0.3) is 0 Å². The van der Waals surface area contributed by atoms with Gasteiger partial charge in [0.2, 0.25) is 5.91 Å². The van der Waals surface area contributed by atoms with Gasteiger partial charge in [-0.2, -0.15) is 0 Å². The fourth-order valence-corrected chi connectivity index (χ4v) is 6.43. The topological polar surface area (TPSA) is 84.6 Å². The molecule has 2 heterocycles. The second-order valence-corrected chi connectivity index (χ2v) is 10.3. The van der Waals surface area contributed by atoms with Crippen LogP contribution in [-0.2, 0) is 24.9 Å². The molecule has 4 N–H and O–H groups in total. The minimum atomic E-state index is -0.859. The van der Waals surface area contributed by atoms with Crippen LogP contribution in [0.1, 0.15) is 45.5 Å². The van der Waals surface area contributed by atoms with Gasteiger partial charge in [-0.1, -0.05) is 41.9 Å². The number of fused-ring (bicyclic) bond motifs is 2. The number of carbonyl (C=O) groups is 1. The summed E-state index contributed by atoms with van der Waals surface area (Å²) in [5.74, 6) is -2.07. The lowest BCUT2D eigenvalue weighted by Crippen LogP contribution is -2.48. The first-order valence-electron chi connectivity index (χ1n) is 12.1.